The van der Waals surface area contributed by atoms with Crippen molar-refractivity contribution < 1.29 is 14.0 Å². The molecule has 0 saturated carbocycles. The Hall–Kier alpha value is -3.89. The second-order valence-electron chi connectivity index (χ2n) is 8.15. The molecule has 0 unspecified atom stereocenters. The molecular weight excluding hydrogens is 416 g/mol. The van der Waals surface area contributed by atoms with Crippen molar-refractivity contribution >= 4 is 11.8 Å². The van der Waals surface area contributed by atoms with Gasteiger partial charge in [0.05, 0.1) is 18.2 Å². The second-order valence-corrected chi connectivity index (χ2v) is 8.15. The normalized spacial score (nSPS) is 16.4. The monoisotopic (exact) mass is 442 g/mol. The summed E-state index contributed by atoms with van der Waals surface area (Å²) < 4.78 is 5.27. The second kappa shape index (κ2) is 10.2. The predicted octanol–water partition coefficient (Wildman–Crippen LogP) is 2.92. The van der Waals surface area contributed by atoms with Gasteiger partial charge in [0.25, 0.3) is 0 Å². The van der Waals surface area contributed by atoms with E-state index in [-0.39, 0.29) is 24.3 Å². The maximum Gasteiger partial charge on any atom is 0.243 e. The van der Waals surface area contributed by atoms with E-state index in [1.807, 2.05) is 66.7 Å². The van der Waals surface area contributed by atoms with E-state index in [1.165, 1.54) is 6.26 Å². The number of nitriles is 1. The predicted molar refractivity (Wildman–Crippen MR) is 123 cm³/mol. The number of carbonyl (C=O) groups excluding carboxylic acids is 2. The fourth-order valence-corrected chi connectivity index (χ4v) is 4.39. The Balaban J connectivity index is 1.50. The Morgan fingerprint density at radius 1 is 1.12 bits per heavy atom. The summed E-state index contributed by atoms with van der Waals surface area (Å²) >= 11 is 0. The van der Waals surface area contributed by atoms with Gasteiger partial charge < -0.3 is 20.4 Å². The van der Waals surface area contributed by atoms with E-state index in [1.54, 1.807) is 11.0 Å². The average molecular weight is 443 g/mol. The molecule has 1 fully saturated rings. The maximum atomic E-state index is 13.5. The number of carbonyl (C=O) groups is 2. The van der Waals surface area contributed by atoms with Crippen molar-refractivity contribution in [2.24, 2.45) is 5.73 Å². The van der Waals surface area contributed by atoms with Gasteiger partial charge in [-0.2, -0.15) is 5.26 Å². The molecule has 0 aliphatic carbocycles. The van der Waals surface area contributed by atoms with Crippen LogP contribution in [0.5, 0.6) is 0 Å². The Labute approximate surface area is 192 Å². The van der Waals surface area contributed by atoms with Crippen molar-refractivity contribution in [2.75, 3.05) is 6.54 Å². The van der Waals surface area contributed by atoms with Crippen LogP contribution in [0.3, 0.4) is 0 Å². The zero-order valence-corrected chi connectivity index (χ0v) is 18.2. The maximum absolute atomic E-state index is 13.5. The summed E-state index contributed by atoms with van der Waals surface area (Å²) in [6.45, 7) is 0.641. The molecule has 7 heteroatoms. The molecule has 7 nitrogen and oxygen atoms in total. The topological polar surface area (TPSA) is 112 Å². The molecule has 1 aliphatic heterocycles. The standard InChI is InChI=1S/C26H26N4O3/c27-15-18-14-21(33-17-18)16-29-25(31)22-12-7-13-30(22)26(32)24(28)23(19-8-3-1-4-9-19)20-10-5-2-6-11-20/h1-6,8-11,14,17,22-24H,7,12-13,16,28H2,(H,29,31)/t22-,24+/m0/s1. The molecule has 168 valence electrons. The summed E-state index contributed by atoms with van der Waals surface area (Å²) in [5.41, 5.74) is 8.89. The Bertz CT molecular complexity index is 1100. The summed E-state index contributed by atoms with van der Waals surface area (Å²) in [7, 11) is 0. The van der Waals surface area contributed by atoms with E-state index in [9.17, 15) is 9.59 Å². The zero-order chi connectivity index (χ0) is 23.2. The zero-order valence-electron chi connectivity index (χ0n) is 18.2. The van der Waals surface area contributed by atoms with Gasteiger partial charge in [-0.25, -0.2) is 0 Å². The van der Waals surface area contributed by atoms with Crippen LogP contribution in [-0.2, 0) is 16.1 Å². The van der Waals surface area contributed by atoms with Gasteiger partial charge in [0.2, 0.25) is 11.8 Å². The molecule has 2 aromatic carbocycles. The summed E-state index contributed by atoms with van der Waals surface area (Å²) in [6.07, 6.45) is 2.66. The highest BCUT2D eigenvalue weighted by Crippen LogP contribution is 2.30. The largest absolute Gasteiger partial charge is 0.466 e. The van der Waals surface area contributed by atoms with E-state index in [4.69, 9.17) is 15.4 Å². The number of likely N-dealkylation sites (tertiary alicyclic amines) is 1. The Morgan fingerprint density at radius 2 is 1.76 bits per heavy atom. The van der Waals surface area contributed by atoms with Gasteiger partial charge in [0.1, 0.15) is 24.1 Å². The molecule has 4 rings (SSSR count). The van der Waals surface area contributed by atoms with E-state index in [0.29, 0.717) is 24.3 Å². The third-order valence-corrected chi connectivity index (χ3v) is 6.02. The van der Waals surface area contributed by atoms with Crippen molar-refractivity contribution in [2.45, 2.75) is 37.4 Å². The molecule has 0 spiro atoms. The number of nitrogens with two attached hydrogens (primary N) is 1. The molecule has 3 N–H and O–H groups in total. The van der Waals surface area contributed by atoms with Crippen molar-refractivity contribution in [3.63, 3.8) is 0 Å². The first-order valence-electron chi connectivity index (χ1n) is 11.0. The van der Waals surface area contributed by atoms with Crippen molar-refractivity contribution in [3.8, 4) is 6.07 Å². The lowest BCUT2D eigenvalue weighted by molar-refractivity contribution is -0.139. The van der Waals surface area contributed by atoms with Crippen LogP contribution in [-0.4, -0.2) is 35.3 Å². The van der Waals surface area contributed by atoms with Crippen molar-refractivity contribution in [1.82, 2.24) is 10.2 Å². The fourth-order valence-electron chi connectivity index (χ4n) is 4.39. The average Bonchev–Trinajstić information content (AvgIpc) is 3.53. The molecule has 0 radical (unpaired) electrons. The lowest BCUT2D eigenvalue weighted by atomic mass is 9.84. The Morgan fingerprint density at radius 3 is 2.33 bits per heavy atom. The van der Waals surface area contributed by atoms with E-state index >= 15 is 0 Å². The molecule has 2 amide bonds. The molecule has 2 atom stereocenters. The van der Waals surface area contributed by atoms with Gasteiger partial charge in [0.15, 0.2) is 0 Å². The lowest BCUT2D eigenvalue weighted by Crippen LogP contribution is -2.52. The summed E-state index contributed by atoms with van der Waals surface area (Å²) in [4.78, 5) is 28.0. The summed E-state index contributed by atoms with van der Waals surface area (Å²) in [5, 5.41) is 11.7. The van der Waals surface area contributed by atoms with Crippen molar-refractivity contribution in [1.29, 1.82) is 5.26 Å². The number of nitrogens with zero attached hydrogens (tertiary/aromatic N) is 2. The number of rotatable bonds is 7. The molecule has 33 heavy (non-hydrogen) atoms. The van der Waals surface area contributed by atoms with E-state index < -0.39 is 12.1 Å². The van der Waals surface area contributed by atoms with Gasteiger partial charge in [-0.15, -0.1) is 0 Å². The smallest absolute Gasteiger partial charge is 0.243 e. The van der Waals surface area contributed by atoms with Gasteiger partial charge >= 0.3 is 0 Å². The van der Waals surface area contributed by atoms with Gasteiger partial charge in [-0.05, 0) is 30.0 Å². The van der Waals surface area contributed by atoms with E-state index in [2.05, 4.69) is 5.32 Å². The van der Waals surface area contributed by atoms with Crippen molar-refractivity contribution in [3.05, 3.63) is 95.4 Å². The molecule has 0 bridgehead atoms. The number of benzene rings is 2. The number of amides is 2. The molecule has 1 saturated heterocycles. The van der Waals surface area contributed by atoms with Gasteiger partial charge in [-0.3, -0.25) is 9.59 Å². The first-order chi connectivity index (χ1) is 16.1. The molecule has 1 aliphatic rings. The highest BCUT2D eigenvalue weighted by Gasteiger charge is 2.39. The minimum atomic E-state index is -0.827. The highest BCUT2D eigenvalue weighted by molar-refractivity contribution is 5.91. The lowest BCUT2D eigenvalue weighted by Gasteiger charge is -2.31. The summed E-state index contributed by atoms with van der Waals surface area (Å²) in [6, 6.07) is 21.6. The number of hydrogen-bond acceptors (Lipinski definition) is 5. The minimum absolute atomic E-state index is 0.155. The van der Waals surface area contributed by atoms with Crippen LogP contribution < -0.4 is 11.1 Å². The molecule has 3 aromatic rings. The quantitative estimate of drug-likeness (QED) is 0.584. The first kappa shape index (κ1) is 22.3. The van der Waals surface area contributed by atoms with Crippen LogP contribution in [0.2, 0.25) is 0 Å². The fraction of sp³-hybridized carbons (Fsp3) is 0.269. The number of nitrogens with one attached hydrogen (secondary N) is 1. The van der Waals surface area contributed by atoms with Crippen LogP contribution in [0, 0.1) is 11.3 Å². The van der Waals surface area contributed by atoms with Gasteiger partial charge in [0, 0.05) is 12.5 Å². The van der Waals surface area contributed by atoms with Crippen LogP contribution in [0.25, 0.3) is 0 Å². The molecule has 1 aromatic heterocycles. The van der Waals surface area contributed by atoms with Crippen LogP contribution in [0.1, 0.15) is 41.2 Å². The van der Waals surface area contributed by atoms with Crippen LogP contribution in [0.4, 0.5) is 0 Å². The minimum Gasteiger partial charge on any atom is -0.466 e. The summed E-state index contributed by atoms with van der Waals surface area (Å²) in [5.74, 6) is -0.327. The highest BCUT2D eigenvalue weighted by atomic mass is 16.3. The third kappa shape index (κ3) is 4.97. The van der Waals surface area contributed by atoms with Crippen LogP contribution >= 0.6 is 0 Å². The first-order valence-corrected chi connectivity index (χ1v) is 11.0. The number of furan rings is 1. The number of hydrogen-bond donors (Lipinski definition) is 2. The SMILES string of the molecule is N#Cc1coc(CNC(=O)[C@@H]2CCCN2C(=O)[C@H](N)C(c2ccccc2)c2ccccc2)c1. The van der Waals surface area contributed by atoms with E-state index in [0.717, 1.165) is 17.5 Å². The third-order valence-electron chi connectivity index (χ3n) is 6.02. The van der Waals surface area contributed by atoms with Gasteiger partial charge in [-0.1, -0.05) is 60.7 Å². The molecular formula is C26H26N4O3. The van der Waals surface area contributed by atoms with Crippen LogP contribution in [0.15, 0.2) is 77.4 Å². The molecule has 2 heterocycles. The Kier molecular flexibility index (Phi) is 6.86.